The molecule has 3 aliphatic rings. The van der Waals surface area contributed by atoms with E-state index in [4.69, 9.17) is 23.7 Å². The smallest absolute Gasteiger partial charge is 0.187 e. The Hall–Kier alpha value is -0.640. The van der Waals surface area contributed by atoms with Gasteiger partial charge in [-0.3, -0.25) is 0 Å². The molecule has 0 aromatic rings. The molecule has 0 spiro atoms. The molecule has 15 atom stereocenters. The third-order valence-electron chi connectivity index (χ3n) is 6.07. The maximum atomic E-state index is 10.7. The van der Waals surface area contributed by atoms with Crippen molar-refractivity contribution in [2.75, 3.05) is 19.8 Å². The van der Waals surface area contributed by atoms with Crippen molar-refractivity contribution in [1.82, 2.24) is 0 Å². The molecule has 0 bridgehead atoms. The van der Waals surface area contributed by atoms with Gasteiger partial charge in [0, 0.05) is 0 Å². The van der Waals surface area contributed by atoms with Crippen molar-refractivity contribution in [3.05, 3.63) is 0 Å². The highest BCUT2D eigenvalue weighted by atomic mass is 16.7. The van der Waals surface area contributed by atoms with E-state index in [1.807, 2.05) is 0 Å². The summed E-state index contributed by atoms with van der Waals surface area (Å²) in [6, 6.07) is 0. The molecule has 16 nitrogen and oxygen atoms in total. The highest BCUT2D eigenvalue weighted by molar-refractivity contribution is 4.94. The van der Waals surface area contributed by atoms with E-state index in [0.717, 1.165) is 0 Å². The Labute approximate surface area is 192 Å². The van der Waals surface area contributed by atoms with Crippen molar-refractivity contribution in [3.63, 3.8) is 0 Å². The molecule has 200 valence electrons. The first-order valence-electron chi connectivity index (χ1n) is 10.6. The van der Waals surface area contributed by atoms with Gasteiger partial charge in [0.15, 0.2) is 18.9 Å². The fourth-order valence-corrected chi connectivity index (χ4v) is 3.94. The Morgan fingerprint density at radius 3 is 1.65 bits per heavy atom. The Bertz CT molecular complexity index is 639. The van der Waals surface area contributed by atoms with Crippen molar-refractivity contribution in [3.8, 4) is 0 Å². The van der Waals surface area contributed by atoms with Crippen molar-refractivity contribution < 1.29 is 79.9 Å². The molecule has 16 heteroatoms. The molecule has 3 rings (SSSR count). The number of aliphatic hydroxyl groups is 11. The van der Waals surface area contributed by atoms with E-state index in [1.165, 1.54) is 0 Å². The summed E-state index contributed by atoms with van der Waals surface area (Å²) in [5.74, 6) is 0. The first-order valence-corrected chi connectivity index (χ1v) is 10.6. The summed E-state index contributed by atoms with van der Waals surface area (Å²) in [5, 5.41) is 109. The summed E-state index contributed by atoms with van der Waals surface area (Å²) in [4.78, 5) is 0. The van der Waals surface area contributed by atoms with E-state index in [2.05, 4.69) is 0 Å². The Balaban J connectivity index is 1.68. The Morgan fingerprint density at radius 2 is 1.03 bits per heavy atom. The minimum Gasteiger partial charge on any atom is -0.394 e. The van der Waals surface area contributed by atoms with Gasteiger partial charge in [0.25, 0.3) is 0 Å². The molecule has 3 aliphatic heterocycles. The average Bonchev–Trinajstić information content (AvgIpc) is 2.82. The molecule has 34 heavy (non-hydrogen) atoms. The largest absolute Gasteiger partial charge is 0.394 e. The minimum atomic E-state index is -1.84. The van der Waals surface area contributed by atoms with Crippen molar-refractivity contribution in [2.24, 2.45) is 0 Å². The molecule has 3 heterocycles. The predicted molar refractivity (Wildman–Crippen MR) is 101 cm³/mol. The van der Waals surface area contributed by atoms with Gasteiger partial charge < -0.3 is 79.9 Å². The third-order valence-corrected chi connectivity index (χ3v) is 6.07. The van der Waals surface area contributed by atoms with Crippen LogP contribution in [0, 0.1) is 0 Å². The van der Waals surface area contributed by atoms with Crippen LogP contribution in [-0.4, -0.2) is 168 Å². The molecule has 0 aromatic carbocycles. The maximum absolute atomic E-state index is 10.7. The van der Waals surface area contributed by atoms with E-state index in [-0.39, 0.29) is 0 Å². The lowest BCUT2D eigenvalue weighted by Gasteiger charge is -2.46. The molecule has 0 aromatic heterocycles. The van der Waals surface area contributed by atoms with E-state index >= 15 is 0 Å². The molecule has 0 radical (unpaired) electrons. The van der Waals surface area contributed by atoms with Crippen molar-refractivity contribution >= 4 is 0 Å². The molecule has 3 saturated heterocycles. The fraction of sp³-hybridized carbons (Fsp3) is 1.00. The highest BCUT2D eigenvalue weighted by Crippen LogP contribution is 2.30. The van der Waals surface area contributed by atoms with Gasteiger partial charge in [-0.05, 0) is 0 Å². The summed E-state index contributed by atoms with van der Waals surface area (Å²) in [7, 11) is 0. The van der Waals surface area contributed by atoms with Crippen LogP contribution in [0.15, 0.2) is 0 Å². The summed E-state index contributed by atoms with van der Waals surface area (Å²) in [6.07, 6.45) is -24.9. The molecule has 11 N–H and O–H groups in total. The summed E-state index contributed by atoms with van der Waals surface area (Å²) in [5.41, 5.74) is 0. The van der Waals surface area contributed by atoms with Crippen LogP contribution in [0.2, 0.25) is 0 Å². The van der Waals surface area contributed by atoms with Crippen molar-refractivity contribution in [2.45, 2.75) is 92.1 Å². The average molecular weight is 504 g/mol. The van der Waals surface area contributed by atoms with Gasteiger partial charge in [-0.2, -0.15) is 0 Å². The second-order valence-corrected chi connectivity index (χ2v) is 8.37. The quantitative estimate of drug-likeness (QED) is 0.154. The van der Waals surface area contributed by atoms with Gasteiger partial charge in [0.05, 0.1) is 19.8 Å². The lowest BCUT2D eigenvalue weighted by atomic mass is 9.97. The zero-order valence-electron chi connectivity index (χ0n) is 17.7. The first-order chi connectivity index (χ1) is 16.0. The first kappa shape index (κ1) is 27.9. The lowest BCUT2D eigenvalue weighted by Crippen LogP contribution is -2.65. The molecule has 0 aliphatic carbocycles. The Morgan fingerprint density at radius 1 is 0.500 bits per heavy atom. The van der Waals surface area contributed by atoms with Gasteiger partial charge in [0.1, 0.15) is 73.2 Å². The van der Waals surface area contributed by atoms with Gasteiger partial charge in [0.2, 0.25) is 0 Å². The molecular weight excluding hydrogens is 472 g/mol. The van der Waals surface area contributed by atoms with Crippen LogP contribution >= 0.6 is 0 Å². The SMILES string of the molecule is OC[C@@H]1O[C@H](O[C@H]2[C@H](O)[C@@H](OC[C@H]3O[C@@H](O)[C@H](O)[C@@H](O)[C@@H]3O)O[C@@H](CO)[C@@H]2O)[C@@H](O)[C@H](O)[C@H]1O. The van der Waals surface area contributed by atoms with Crippen LogP contribution in [0.3, 0.4) is 0 Å². The summed E-state index contributed by atoms with van der Waals surface area (Å²) in [6.45, 7) is -2.11. The van der Waals surface area contributed by atoms with Crippen molar-refractivity contribution in [1.29, 1.82) is 0 Å². The van der Waals surface area contributed by atoms with E-state index in [1.54, 1.807) is 0 Å². The molecule has 0 amide bonds. The second-order valence-electron chi connectivity index (χ2n) is 8.37. The topological polar surface area (TPSA) is 269 Å². The third kappa shape index (κ3) is 5.52. The number of hydrogen-bond acceptors (Lipinski definition) is 16. The second kappa shape index (κ2) is 11.6. The van der Waals surface area contributed by atoms with Crippen LogP contribution in [0.4, 0.5) is 0 Å². The highest BCUT2D eigenvalue weighted by Gasteiger charge is 2.51. The van der Waals surface area contributed by atoms with E-state index in [9.17, 15) is 56.2 Å². The van der Waals surface area contributed by atoms with Gasteiger partial charge in [-0.1, -0.05) is 0 Å². The lowest BCUT2D eigenvalue weighted by molar-refractivity contribution is -0.364. The number of rotatable bonds is 7. The summed E-state index contributed by atoms with van der Waals surface area (Å²) < 4.78 is 26.2. The van der Waals surface area contributed by atoms with Crippen LogP contribution in [0.1, 0.15) is 0 Å². The fourth-order valence-electron chi connectivity index (χ4n) is 3.94. The number of aliphatic hydroxyl groups excluding tert-OH is 11. The normalized spacial score (nSPS) is 52.5. The van der Waals surface area contributed by atoms with Crippen LogP contribution in [0.5, 0.6) is 0 Å². The Kier molecular flexibility index (Phi) is 9.54. The number of ether oxygens (including phenoxy) is 5. The van der Waals surface area contributed by atoms with Gasteiger partial charge >= 0.3 is 0 Å². The molecule has 3 fully saturated rings. The standard InChI is InChI=1S/C18H32O16/c19-1-4-7(21)11(25)13(27)18(33-4)34-15-9(23)5(2-20)32-17(14(15)28)30-3-6-8(22)10(24)12(26)16(29)31-6/h4-29H,1-3H2/t4-,5-,6+,7-,8+,9-,10-,11+,12+,13-,14-,15+,16+,17-,18+/m0/s1. The van der Waals surface area contributed by atoms with Crippen LogP contribution < -0.4 is 0 Å². The zero-order valence-corrected chi connectivity index (χ0v) is 17.7. The van der Waals surface area contributed by atoms with E-state index < -0.39 is 112 Å². The zero-order chi connectivity index (χ0) is 25.3. The summed E-state index contributed by atoms with van der Waals surface area (Å²) >= 11 is 0. The van der Waals surface area contributed by atoms with E-state index in [0.29, 0.717) is 0 Å². The molecule has 0 unspecified atom stereocenters. The minimum absolute atomic E-state index is 0.593. The monoisotopic (exact) mass is 504 g/mol. The molecule has 0 saturated carbocycles. The van der Waals surface area contributed by atoms with Gasteiger partial charge in [-0.25, -0.2) is 0 Å². The van der Waals surface area contributed by atoms with Crippen LogP contribution in [0.25, 0.3) is 0 Å². The predicted octanol–water partition coefficient (Wildman–Crippen LogP) is -7.57. The van der Waals surface area contributed by atoms with Gasteiger partial charge in [-0.15, -0.1) is 0 Å². The van der Waals surface area contributed by atoms with Crippen LogP contribution in [-0.2, 0) is 23.7 Å². The molecular formula is C18H32O16. The maximum Gasteiger partial charge on any atom is 0.187 e. The number of hydrogen-bond donors (Lipinski definition) is 11.